The van der Waals surface area contributed by atoms with Crippen molar-refractivity contribution in [3.05, 3.63) is 23.8 Å². The molecule has 1 atom stereocenters. The normalized spacial score (nSPS) is 12.6. The van der Waals surface area contributed by atoms with Gasteiger partial charge in [-0.3, -0.25) is 14.6 Å². The van der Waals surface area contributed by atoms with E-state index in [0.717, 1.165) is 18.8 Å². The Bertz CT molecular complexity index is 552. The van der Waals surface area contributed by atoms with Gasteiger partial charge in [0.15, 0.2) is 0 Å². The van der Waals surface area contributed by atoms with Crippen LogP contribution in [0.4, 0.5) is 0 Å². The predicted molar refractivity (Wildman–Crippen MR) is 81.3 cm³/mol. The van der Waals surface area contributed by atoms with Gasteiger partial charge in [-0.1, -0.05) is 0 Å². The SMILES string of the molecule is COc1cc(OC)cc(C(SCC(=O)N(C)O)P(=O)(O)O)c1. The van der Waals surface area contributed by atoms with E-state index >= 15 is 0 Å². The van der Waals surface area contributed by atoms with Crippen LogP contribution in [-0.2, 0) is 9.36 Å². The van der Waals surface area contributed by atoms with E-state index in [0.29, 0.717) is 16.6 Å². The van der Waals surface area contributed by atoms with E-state index in [1.807, 2.05) is 0 Å². The van der Waals surface area contributed by atoms with Crippen molar-refractivity contribution in [2.75, 3.05) is 27.0 Å². The Morgan fingerprint density at radius 3 is 2.14 bits per heavy atom. The highest BCUT2D eigenvalue weighted by Gasteiger charge is 2.32. The summed E-state index contributed by atoms with van der Waals surface area (Å²) < 4.78 is 21.9. The lowest BCUT2D eigenvalue weighted by Gasteiger charge is -2.20. The molecule has 0 aliphatic heterocycles. The van der Waals surface area contributed by atoms with E-state index in [1.54, 1.807) is 6.07 Å². The number of rotatable bonds is 7. The molecule has 1 unspecified atom stereocenters. The Morgan fingerprint density at radius 1 is 1.27 bits per heavy atom. The summed E-state index contributed by atoms with van der Waals surface area (Å²) in [5.41, 5.74) is 0.267. The summed E-state index contributed by atoms with van der Waals surface area (Å²) in [5, 5.41) is 9.38. The predicted octanol–water partition coefficient (Wildman–Crippen LogP) is 1.46. The van der Waals surface area contributed by atoms with Crippen LogP contribution in [0.3, 0.4) is 0 Å². The van der Waals surface area contributed by atoms with E-state index in [-0.39, 0.29) is 11.3 Å². The van der Waals surface area contributed by atoms with Crippen molar-refractivity contribution in [1.29, 1.82) is 0 Å². The number of nitrogens with zero attached hydrogens (tertiary/aromatic N) is 1. The fourth-order valence-electron chi connectivity index (χ4n) is 1.60. The maximum atomic E-state index is 11.7. The monoisotopic (exact) mass is 351 g/mol. The lowest BCUT2D eigenvalue weighted by molar-refractivity contribution is -0.155. The van der Waals surface area contributed by atoms with Crippen molar-refractivity contribution in [2.45, 2.75) is 4.99 Å². The fourth-order valence-corrected chi connectivity index (χ4v) is 3.96. The third-order valence-electron chi connectivity index (χ3n) is 2.69. The molecule has 0 saturated heterocycles. The van der Waals surface area contributed by atoms with E-state index in [9.17, 15) is 19.1 Å². The molecule has 1 aromatic rings. The van der Waals surface area contributed by atoms with Crippen LogP contribution in [0, 0.1) is 0 Å². The van der Waals surface area contributed by atoms with Crippen molar-refractivity contribution >= 4 is 25.3 Å². The molecule has 0 spiro atoms. The molecule has 1 amide bonds. The second-order valence-electron chi connectivity index (χ2n) is 4.32. The van der Waals surface area contributed by atoms with Gasteiger partial charge in [-0.25, -0.2) is 5.06 Å². The summed E-state index contributed by atoms with van der Waals surface area (Å²) in [6.07, 6.45) is 0. The first-order valence-corrected chi connectivity index (χ1v) is 8.77. The quantitative estimate of drug-likeness (QED) is 0.384. The Balaban J connectivity index is 3.12. The van der Waals surface area contributed by atoms with Gasteiger partial charge in [0.25, 0.3) is 5.91 Å². The third-order valence-corrected chi connectivity index (χ3v) is 5.87. The summed E-state index contributed by atoms with van der Waals surface area (Å²) in [6.45, 7) is 0. The fraction of sp³-hybridized carbons (Fsp3) is 0.417. The molecule has 0 heterocycles. The number of methoxy groups -OCH3 is 2. The molecule has 0 saturated carbocycles. The lowest BCUT2D eigenvalue weighted by atomic mass is 10.2. The molecular formula is C12H18NO7PS. The van der Waals surface area contributed by atoms with Gasteiger partial charge >= 0.3 is 7.60 Å². The zero-order valence-electron chi connectivity index (χ0n) is 12.3. The van der Waals surface area contributed by atoms with Crippen LogP contribution >= 0.6 is 19.4 Å². The van der Waals surface area contributed by atoms with Gasteiger partial charge in [0.1, 0.15) is 16.5 Å². The highest BCUT2D eigenvalue weighted by atomic mass is 32.2. The number of hydrogen-bond acceptors (Lipinski definition) is 6. The second-order valence-corrected chi connectivity index (χ2v) is 7.45. The van der Waals surface area contributed by atoms with Crippen LogP contribution in [0.25, 0.3) is 0 Å². The molecule has 0 radical (unpaired) electrons. The van der Waals surface area contributed by atoms with Crippen LogP contribution in [0.15, 0.2) is 18.2 Å². The number of ether oxygens (including phenoxy) is 2. The smallest absolute Gasteiger partial charge is 0.342 e. The van der Waals surface area contributed by atoms with Gasteiger partial charge in [-0.2, -0.15) is 0 Å². The van der Waals surface area contributed by atoms with Gasteiger partial charge in [-0.05, 0) is 17.7 Å². The Morgan fingerprint density at radius 2 is 1.77 bits per heavy atom. The highest BCUT2D eigenvalue weighted by molar-refractivity contribution is 8.05. The summed E-state index contributed by atoms with van der Waals surface area (Å²) in [7, 11) is -0.564. The van der Waals surface area contributed by atoms with E-state index in [4.69, 9.17) is 14.7 Å². The summed E-state index contributed by atoms with van der Waals surface area (Å²) in [6, 6.07) is 4.50. The summed E-state index contributed by atoms with van der Waals surface area (Å²) >= 11 is 0.731. The van der Waals surface area contributed by atoms with E-state index in [2.05, 4.69) is 0 Å². The van der Waals surface area contributed by atoms with Gasteiger partial charge in [0.05, 0.1) is 20.0 Å². The topological polar surface area (TPSA) is 117 Å². The number of benzene rings is 1. The van der Waals surface area contributed by atoms with E-state index in [1.165, 1.54) is 26.4 Å². The molecule has 3 N–H and O–H groups in total. The van der Waals surface area contributed by atoms with Gasteiger partial charge in [0.2, 0.25) is 0 Å². The average Bonchev–Trinajstić information content (AvgIpc) is 2.45. The molecule has 0 aliphatic rings. The Hall–Kier alpha value is -1.25. The van der Waals surface area contributed by atoms with Crippen LogP contribution in [-0.4, -0.2) is 53.0 Å². The zero-order chi connectivity index (χ0) is 16.9. The molecule has 0 aromatic heterocycles. The minimum atomic E-state index is -4.55. The molecule has 10 heteroatoms. The lowest BCUT2D eigenvalue weighted by Crippen LogP contribution is -2.24. The van der Waals surface area contributed by atoms with Crippen LogP contribution in [0.5, 0.6) is 11.5 Å². The molecule has 0 bridgehead atoms. The minimum absolute atomic E-state index is 0.267. The molecule has 8 nitrogen and oxygen atoms in total. The molecule has 0 fully saturated rings. The van der Waals surface area contributed by atoms with Crippen molar-refractivity contribution in [3.63, 3.8) is 0 Å². The zero-order valence-corrected chi connectivity index (χ0v) is 14.0. The third kappa shape index (κ3) is 5.19. The molecule has 124 valence electrons. The summed E-state index contributed by atoms with van der Waals surface area (Å²) in [5.74, 6) is -0.209. The largest absolute Gasteiger partial charge is 0.497 e. The molecule has 22 heavy (non-hydrogen) atoms. The standard InChI is InChI=1S/C12H18NO7PS/c1-13(15)11(14)7-22-12(21(16,17)18)8-4-9(19-2)6-10(5-8)20-3/h4-6,12,15H,7H2,1-3H3,(H2,16,17,18). The molecule has 0 aliphatic carbocycles. The van der Waals surface area contributed by atoms with E-state index < -0.39 is 18.5 Å². The first-order chi connectivity index (χ1) is 10.2. The maximum absolute atomic E-state index is 11.7. The molecule has 1 rings (SSSR count). The highest BCUT2D eigenvalue weighted by Crippen LogP contribution is 2.58. The molecule has 1 aromatic carbocycles. The van der Waals surface area contributed by atoms with Crippen molar-refractivity contribution < 1.29 is 33.8 Å². The first kappa shape index (κ1) is 18.8. The Labute approximate surface area is 132 Å². The number of carbonyl (C=O) groups is 1. The van der Waals surface area contributed by atoms with Crippen LogP contribution in [0.1, 0.15) is 10.6 Å². The first-order valence-electron chi connectivity index (χ1n) is 6.04. The molecular weight excluding hydrogens is 333 g/mol. The number of hydrogen-bond donors (Lipinski definition) is 3. The van der Waals surface area contributed by atoms with Gasteiger partial charge < -0.3 is 19.3 Å². The van der Waals surface area contributed by atoms with Crippen LogP contribution < -0.4 is 9.47 Å². The number of amides is 1. The number of hydroxylamine groups is 2. The summed E-state index contributed by atoms with van der Waals surface area (Å²) in [4.78, 5) is 29.2. The van der Waals surface area contributed by atoms with Crippen molar-refractivity contribution in [1.82, 2.24) is 5.06 Å². The van der Waals surface area contributed by atoms with Gasteiger partial charge in [0, 0.05) is 13.1 Å². The van der Waals surface area contributed by atoms with Crippen molar-refractivity contribution in [3.8, 4) is 11.5 Å². The minimum Gasteiger partial charge on any atom is -0.497 e. The average molecular weight is 351 g/mol. The number of thioether (sulfide) groups is 1. The van der Waals surface area contributed by atoms with Crippen molar-refractivity contribution in [2.24, 2.45) is 0 Å². The second kappa shape index (κ2) is 7.85. The number of carbonyl (C=O) groups excluding carboxylic acids is 1. The Kier molecular flexibility index (Phi) is 6.70. The van der Waals surface area contributed by atoms with Crippen LogP contribution in [0.2, 0.25) is 0 Å². The van der Waals surface area contributed by atoms with Gasteiger partial charge in [-0.15, -0.1) is 11.8 Å². The maximum Gasteiger partial charge on any atom is 0.342 e.